The molecule has 2 amide bonds. The molecule has 0 saturated heterocycles. The summed E-state index contributed by atoms with van der Waals surface area (Å²) in [7, 11) is 0. The average Bonchev–Trinajstić information content (AvgIpc) is 3.51. The van der Waals surface area contributed by atoms with Gasteiger partial charge in [0.15, 0.2) is 5.16 Å². The molecule has 0 saturated carbocycles. The fourth-order valence-electron chi connectivity index (χ4n) is 3.20. The zero-order valence-electron chi connectivity index (χ0n) is 18.4. The topological polar surface area (TPSA) is 76.0 Å². The van der Waals surface area contributed by atoms with Crippen LogP contribution in [0.3, 0.4) is 0 Å². The van der Waals surface area contributed by atoms with Crippen LogP contribution in [0.1, 0.15) is 26.4 Å². The molecule has 4 aromatic rings. The number of aromatic nitrogens is 2. The second kappa shape index (κ2) is 10.5. The van der Waals surface area contributed by atoms with Crippen LogP contribution in [0.15, 0.2) is 77.5 Å². The van der Waals surface area contributed by atoms with Crippen molar-refractivity contribution in [3.8, 4) is 5.69 Å². The predicted molar refractivity (Wildman–Crippen MR) is 134 cm³/mol. The first-order valence-corrected chi connectivity index (χ1v) is 12.3. The van der Waals surface area contributed by atoms with Gasteiger partial charge in [-0.1, -0.05) is 23.9 Å². The number of anilines is 1. The zero-order valence-corrected chi connectivity index (χ0v) is 20.0. The Labute approximate surface area is 201 Å². The molecule has 0 radical (unpaired) electrons. The Kier molecular flexibility index (Phi) is 7.26. The van der Waals surface area contributed by atoms with E-state index in [0.717, 1.165) is 21.8 Å². The largest absolute Gasteiger partial charge is 0.347 e. The molecule has 0 unspecified atom stereocenters. The molecule has 2 aromatic carbocycles. The van der Waals surface area contributed by atoms with Gasteiger partial charge in [0.05, 0.1) is 12.3 Å². The molecule has 0 fully saturated rings. The number of aryl methyl sites for hydroxylation is 2. The lowest BCUT2D eigenvalue weighted by atomic mass is 10.1. The maximum absolute atomic E-state index is 12.4. The van der Waals surface area contributed by atoms with Gasteiger partial charge in [0.1, 0.15) is 0 Å². The molecule has 0 spiro atoms. The van der Waals surface area contributed by atoms with Crippen LogP contribution in [0.2, 0.25) is 0 Å². The standard InChI is InChI=1S/C25H24N4O2S2/c1-17-5-8-20(14-18(17)2)28-23(30)16-33-25-26-11-12-29(25)21-9-6-19(7-10-21)24(31)27-15-22-4-3-13-32-22/h3-14H,15-16H2,1-2H3,(H,27,31)(H,28,30). The summed E-state index contributed by atoms with van der Waals surface area (Å²) in [6.45, 7) is 4.58. The number of nitrogens with zero attached hydrogens (tertiary/aromatic N) is 2. The van der Waals surface area contributed by atoms with Crippen molar-refractivity contribution in [2.45, 2.75) is 25.5 Å². The quantitative estimate of drug-likeness (QED) is 0.342. The monoisotopic (exact) mass is 476 g/mol. The molecule has 0 aliphatic rings. The van der Waals surface area contributed by atoms with E-state index in [9.17, 15) is 9.59 Å². The van der Waals surface area contributed by atoms with Crippen LogP contribution in [0.5, 0.6) is 0 Å². The van der Waals surface area contributed by atoms with Gasteiger partial charge in [-0.25, -0.2) is 4.98 Å². The third-order valence-electron chi connectivity index (χ3n) is 5.14. The average molecular weight is 477 g/mol. The summed E-state index contributed by atoms with van der Waals surface area (Å²) < 4.78 is 1.90. The highest BCUT2D eigenvalue weighted by Gasteiger charge is 2.11. The third-order valence-corrected chi connectivity index (χ3v) is 6.98. The van der Waals surface area contributed by atoms with Gasteiger partial charge in [0, 0.05) is 34.2 Å². The number of nitrogens with one attached hydrogen (secondary N) is 2. The van der Waals surface area contributed by atoms with Crippen LogP contribution >= 0.6 is 23.1 Å². The van der Waals surface area contributed by atoms with E-state index in [1.54, 1.807) is 29.7 Å². The second-order valence-corrected chi connectivity index (χ2v) is 9.50. The summed E-state index contributed by atoms with van der Waals surface area (Å²) >= 11 is 2.98. The normalized spacial score (nSPS) is 10.7. The fourth-order valence-corrected chi connectivity index (χ4v) is 4.61. The summed E-state index contributed by atoms with van der Waals surface area (Å²) in [5.41, 5.74) is 4.59. The molecule has 0 aliphatic heterocycles. The Balaban J connectivity index is 1.35. The smallest absolute Gasteiger partial charge is 0.251 e. The van der Waals surface area contributed by atoms with E-state index in [1.807, 2.05) is 72.5 Å². The number of thiophene rings is 1. The second-order valence-electron chi connectivity index (χ2n) is 7.52. The van der Waals surface area contributed by atoms with Gasteiger partial charge in [-0.2, -0.15) is 0 Å². The summed E-state index contributed by atoms with van der Waals surface area (Å²) in [6, 6.07) is 17.2. The molecule has 0 atom stereocenters. The zero-order chi connectivity index (χ0) is 23.2. The van der Waals surface area contributed by atoms with E-state index in [1.165, 1.54) is 17.3 Å². The maximum Gasteiger partial charge on any atom is 0.251 e. The third kappa shape index (κ3) is 5.91. The van der Waals surface area contributed by atoms with Crippen molar-refractivity contribution >= 4 is 40.6 Å². The molecule has 2 N–H and O–H groups in total. The van der Waals surface area contributed by atoms with Crippen LogP contribution in [-0.2, 0) is 11.3 Å². The Hall–Kier alpha value is -3.36. The van der Waals surface area contributed by atoms with Crippen molar-refractivity contribution in [1.29, 1.82) is 0 Å². The molecule has 8 heteroatoms. The van der Waals surface area contributed by atoms with Gasteiger partial charge in [0.2, 0.25) is 5.91 Å². The maximum atomic E-state index is 12.4. The van der Waals surface area contributed by atoms with Gasteiger partial charge in [0.25, 0.3) is 5.91 Å². The van der Waals surface area contributed by atoms with Crippen molar-refractivity contribution in [3.05, 3.63) is 93.9 Å². The first-order chi connectivity index (χ1) is 16.0. The molecule has 168 valence electrons. The van der Waals surface area contributed by atoms with Crippen LogP contribution in [-0.4, -0.2) is 27.1 Å². The Morgan fingerprint density at radius 1 is 1.06 bits per heavy atom. The molecule has 0 bridgehead atoms. The van der Waals surface area contributed by atoms with Crippen molar-refractivity contribution < 1.29 is 9.59 Å². The molecule has 4 rings (SSSR count). The summed E-state index contributed by atoms with van der Waals surface area (Å²) in [6.07, 6.45) is 3.54. The van der Waals surface area contributed by atoms with Crippen molar-refractivity contribution in [2.75, 3.05) is 11.1 Å². The first-order valence-electron chi connectivity index (χ1n) is 10.4. The van der Waals surface area contributed by atoms with Crippen LogP contribution in [0, 0.1) is 13.8 Å². The minimum Gasteiger partial charge on any atom is -0.347 e. The number of imidazole rings is 1. The van der Waals surface area contributed by atoms with E-state index in [-0.39, 0.29) is 17.6 Å². The fraction of sp³-hybridized carbons (Fsp3) is 0.160. The van der Waals surface area contributed by atoms with Gasteiger partial charge in [-0.05, 0) is 72.8 Å². The number of thioether (sulfide) groups is 1. The molecule has 33 heavy (non-hydrogen) atoms. The van der Waals surface area contributed by atoms with E-state index < -0.39 is 0 Å². The minimum atomic E-state index is -0.113. The van der Waals surface area contributed by atoms with Gasteiger partial charge in [-0.15, -0.1) is 11.3 Å². The lowest BCUT2D eigenvalue weighted by Gasteiger charge is -2.10. The van der Waals surface area contributed by atoms with Crippen molar-refractivity contribution in [3.63, 3.8) is 0 Å². The Morgan fingerprint density at radius 2 is 1.88 bits per heavy atom. The Bertz CT molecular complexity index is 1250. The number of benzene rings is 2. The van der Waals surface area contributed by atoms with Crippen LogP contribution in [0.25, 0.3) is 5.69 Å². The van der Waals surface area contributed by atoms with E-state index in [4.69, 9.17) is 0 Å². The van der Waals surface area contributed by atoms with E-state index in [0.29, 0.717) is 17.3 Å². The molecule has 6 nitrogen and oxygen atoms in total. The highest BCUT2D eigenvalue weighted by Crippen LogP contribution is 2.22. The van der Waals surface area contributed by atoms with Gasteiger partial charge >= 0.3 is 0 Å². The van der Waals surface area contributed by atoms with Crippen molar-refractivity contribution in [2.24, 2.45) is 0 Å². The van der Waals surface area contributed by atoms with Crippen molar-refractivity contribution in [1.82, 2.24) is 14.9 Å². The first kappa shape index (κ1) is 22.8. The van der Waals surface area contributed by atoms with Gasteiger partial charge in [-0.3, -0.25) is 14.2 Å². The van der Waals surface area contributed by atoms with Gasteiger partial charge < -0.3 is 10.6 Å². The number of carbonyl (C=O) groups excluding carboxylic acids is 2. The highest BCUT2D eigenvalue weighted by molar-refractivity contribution is 7.99. The molecular weight excluding hydrogens is 452 g/mol. The Morgan fingerprint density at radius 3 is 2.61 bits per heavy atom. The number of amides is 2. The predicted octanol–water partition coefficient (Wildman–Crippen LogP) is 5.21. The van der Waals surface area contributed by atoms with Crippen LogP contribution < -0.4 is 10.6 Å². The summed E-state index contributed by atoms with van der Waals surface area (Å²) in [5.74, 6) is 0.0430. The number of rotatable bonds is 8. The number of hydrogen-bond acceptors (Lipinski definition) is 5. The lowest BCUT2D eigenvalue weighted by molar-refractivity contribution is -0.113. The molecule has 2 aromatic heterocycles. The molecular formula is C25H24N4O2S2. The highest BCUT2D eigenvalue weighted by atomic mass is 32.2. The summed E-state index contributed by atoms with van der Waals surface area (Å²) in [4.78, 5) is 30.3. The number of carbonyl (C=O) groups is 2. The van der Waals surface area contributed by atoms with E-state index in [2.05, 4.69) is 15.6 Å². The SMILES string of the molecule is Cc1ccc(NC(=O)CSc2nccn2-c2ccc(C(=O)NCc3cccs3)cc2)cc1C. The number of hydrogen-bond donors (Lipinski definition) is 2. The lowest BCUT2D eigenvalue weighted by Crippen LogP contribution is -2.22. The molecule has 2 heterocycles. The minimum absolute atomic E-state index is 0.0874. The molecule has 0 aliphatic carbocycles. The van der Waals surface area contributed by atoms with Crippen LogP contribution in [0.4, 0.5) is 5.69 Å². The van der Waals surface area contributed by atoms with E-state index >= 15 is 0 Å². The summed E-state index contributed by atoms with van der Waals surface area (Å²) in [5, 5.41) is 8.56.